The van der Waals surface area contributed by atoms with Crippen LogP contribution in [0.4, 0.5) is 5.82 Å². The Morgan fingerprint density at radius 3 is 3.05 bits per heavy atom. The molecule has 1 atom stereocenters. The molecule has 0 unspecified atom stereocenters. The van der Waals surface area contributed by atoms with Gasteiger partial charge in [-0.2, -0.15) is 11.3 Å². The third-order valence-corrected chi connectivity index (χ3v) is 4.83. The summed E-state index contributed by atoms with van der Waals surface area (Å²) in [5, 5.41) is 4.05. The fourth-order valence-corrected chi connectivity index (χ4v) is 3.61. The highest BCUT2D eigenvalue weighted by molar-refractivity contribution is 7.07. The molecule has 5 nitrogen and oxygen atoms in total. The number of nitrogens with zero attached hydrogens (tertiary/aromatic N) is 3. The second-order valence-corrected chi connectivity index (χ2v) is 6.53. The first-order valence-corrected chi connectivity index (χ1v) is 8.51. The number of carbonyl (C=O) groups excluding carboxylic acids is 1. The molecule has 2 N–H and O–H groups in total. The molecular formula is C16H20N4OS. The average molecular weight is 316 g/mol. The van der Waals surface area contributed by atoms with E-state index in [1.165, 1.54) is 0 Å². The van der Waals surface area contributed by atoms with E-state index in [1.807, 2.05) is 21.7 Å². The summed E-state index contributed by atoms with van der Waals surface area (Å²) in [6.07, 6.45) is 6.73. The van der Waals surface area contributed by atoms with E-state index in [4.69, 9.17) is 5.73 Å². The topological polar surface area (TPSA) is 72.1 Å². The summed E-state index contributed by atoms with van der Waals surface area (Å²) in [6, 6.07) is 2.02. The number of likely N-dealkylation sites (tertiary alicyclic amines) is 1. The van der Waals surface area contributed by atoms with Crippen LogP contribution >= 0.6 is 11.3 Å². The molecule has 1 amide bonds. The van der Waals surface area contributed by atoms with Gasteiger partial charge in [-0.3, -0.25) is 9.78 Å². The lowest BCUT2D eigenvalue weighted by Crippen LogP contribution is -2.41. The van der Waals surface area contributed by atoms with E-state index in [-0.39, 0.29) is 5.91 Å². The van der Waals surface area contributed by atoms with Gasteiger partial charge >= 0.3 is 0 Å². The molecule has 6 heteroatoms. The molecule has 1 saturated heterocycles. The van der Waals surface area contributed by atoms with Crippen LogP contribution in [0.3, 0.4) is 0 Å². The maximum absolute atomic E-state index is 12.4. The number of hydrogen-bond donors (Lipinski definition) is 1. The van der Waals surface area contributed by atoms with Gasteiger partial charge in [-0.05, 0) is 47.6 Å². The minimum Gasteiger partial charge on any atom is -0.382 e. The van der Waals surface area contributed by atoms with E-state index < -0.39 is 0 Å². The molecule has 2 aromatic heterocycles. The second-order valence-electron chi connectivity index (χ2n) is 5.75. The Balaban J connectivity index is 1.59. The van der Waals surface area contributed by atoms with Crippen molar-refractivity contribution in [1.29, 1.82) is 0 Å². The van der Waals surface area contributed by atoms with Crippen molar-refractivity contribution in [3.63, 3.8) is 0 Å². The number of thiophene rings is 1. The minimum absolute atomic E-state index is 0.218. The zero-order valence-corrected chi connectivity index (χ0v) is 13.3. The summed E-state index contributed by atoms with van der Waals surface area (Å²) in [7, 11) is 0. The highest BCUT2D eigenvalue weighted by Crippen LogP contribution is 2.22. The standard InChI is InChI=1S/C16H20N4OS/c17-16-14(18-4-5-19-16)8-12-2-1-6-20(10-12)15(21)9-13-3-7-22-11-13/h3-5,7,11-12H,1-2,6,8-10H2,(H2,17,19)/t12-/m0/s1. The summed E-state index contributed by atoms with van der Waals surface area (Å²) in [6.45, 7) is 1.65. The van der Waals surface area contributed by atoms with Crippen LogP contribution < -0.4 is 5.73 Å². The van der Waals surface area contributed by atoms with Gasteiger partial charge in [-0.1, -0.05) is 0 Å². The maximum Gasteiger partial charge on any atom is 0.227 e. The predicted molar refractivity (Wildman–Crippen MR) is 87.5 cm³/mol. The zero-order valence-electron chi connectivity index (χ0n) is 12.4. The summed E-state index contributed by atoms with van der Waals surface area (Å²) >= 11 is 1.63. The first-order valence-electron chi connectivity index (χ1n) is 7.56. The van der Waals surface area contributed by atoms with Crippen molar-refractivity contribution in [1.82, 2.24) is 14.9 Å². The molecule has 3 rings (SSSR count). The quantitative estimate of drug-likeness (QED) is 0.938. The molecule has 0 bridgehead atoms. The van der Waals surface area contributed by atoms with E-state index in [0.717, 1.165) is 43.6 Å². The molecule has 3 heterocycles. The summed E-state index contributed by atoms with van der Waals surface area (Å²) < 4.78 is 0. The van der Waals surface area contributed by atoms with Crippen molar-refractivity contribution >= 4 is 23.1 Å². The highest BCUT2D eigenvalue weighted by atomic mass is 32.1. The van der Waals surface area contributed by atoms with E-state index in [0.29, 0.717) is 18.2 Å². The normalized spacial score (nSPS) is 18.4. The number of nitrogens with two attached hydrogens (primary N) is 1. The number of hydrogen-bond acceptors (Lipinski definition) is 5. The van der Waals surface area contributed by atoms with E-state index in [2.05, 4.69) is 9.97 Å². The number of amides is 1. The van der Waals surface area contributed by atoms with Gasteiger partial charge < -0.3 is 10.6 Å². The molecule has 0 aliphatic carbocycles. The first kappa shape index (κ1) is 15.0. The molecule has 0 aromatic carbocycles. The lowest BCUT2D eigenvalue weighted by molar-refractivity contribution is -0.132. The van der Waals surface area contributed by atoms with Crippen molar-refractivity contribution < 1.29 is 4.79 Å². The minimum atomic E-state index is 0.218. The molecule has 1 fully saturated rings. The third kappa shape index (κ3) is 3.62. The molecule has 116 valence electrons. The molecule has 1 aliphatic heterocycles. The molecule has 1 aliphatic rings. The van der Waals surface area contributed by atoms with Crippen LogP contribution in [0.2, 0.25) is 0 Å². The van der Waals surface area contributed by atoms with Gasteiger partial charge in [-0.25, -0.2) is 4.98 Å². The van der Waals surface area contributed by atoms with E-state index in [9.17, 15) is 4.79 Å². The van der Waals surface area contributed by atoms with Crippen LogP contribution in [-0.2, 0) is 17.6 Å². The van der Waals surface area contributed by atoms with Gasteiger partial charge in [0.25, 0.3) is 0 Å². The van der Waals surface area contributed by atoms with Crippen LogP contribution in [0.5, 0.6) is 0 Å². The Morgan fingerprint density at radius 1 is 1.41 bits per heavy atom. The number of piperidine rings is 1. The van der Waals surface area contributed by atoms with E-state index in [1.54, 1.807) is 23.7 Å². The SMILES string of the molecule is Nc1nccnc1C[C@@H]1CCCN(C(=O)Cc2ccsc2)C1. The number of aromatic nitrogens is 2. The largest absolute Gasteiger partial charge is 0.382 e. The second kappa shape index (κ2) is 6.87. The molecule has 0 saturated carbocycles. The van der Waals surface area contributed by atoms with Crippen LogP contribution in [0.25, 0.3) is 0 Å². The maximum atomic E-state index is 12.4. The Labute approximate surface area is 134 Å². The fourth-order valence-electron chi connectivity index (χ4n) is 2.95. The Hall–Kier alpha value is -1.95. The summed E-state index contributed by atoms with van der Waals surface area (Å²) in [5.74, 6) is 1.14. The zero-order chi connectivity index (χ0) is 15.4. The summed E-state index contributed by atoms with van der Waals surface area (Å²) in [4.78, 5) is 22.8. The van der Waals surface area contributed by atoms with Gasteiger partial charge in [0.1, 0.15) is 5.82 Å². The van der Waals surface area contributed by atoms with Crippen molar-refractivity contribution in [2.24, 2.45) is 5.92 Å². The lowest BCUT2D eigenvalue weighted by Gasteiger charge is -2.32. The molecule has 0 radical (unpaired) electrons. The predicted octanol–water partition coefficient (Wildman–Crippen LogP) is 2.14. The molecule has 2 aromatic rings. The van der Waals surface area contributed by atoms with E-state index >= 15 is 0 Å². The molecule has 0 spiro atoms. The van der Waals surface area contributed by atoms with Crippen LogP contribution in [0, 0.1) is 5.92 Å². The Bertz CT molecular complexity index is 629. The number of carbonyl (C=O) groups is 1. The Morgan fingerprint density at radius 2 is 2.27 bits per heavy atom. The van der Waals surface area contributed by atoms with Crippen LogP contribution in [0.15, 0.2) is 29.2 Å². The summed E-state index contributed by atoms with van der Waals surface area (Å²) in [5.41, 5.74) is 7.82. The van der Waals surface area contributed by atoms with Gasteiger partial charge in [0.05, 0.1) is 12.1 Å². The van der Waals surface area contributed by atoms with Crippen molar-refractivity contribution in [3.8, 4) is 0 Å². The van der Waals surface area contributed by atoms with Gasteiger partial charge in [-0.15, -0.1) is 0 Å². The first-order chi connectivity index (χ1) is 10.7. The molecular weight excluding hydrogens is 296 g/mol. The van der Waals surface area contributed by atoms with Crippen molar-refractivity contribution in [2.75, 3.05) is 18.8 Å². The molecule has 22 heavy (non-hydrogen) atoms. The average Bonchev–Trinajstić information content (AvgIpc) is 3.03. The monoisotopic (exact) mass is 316 g/mol. The smallest absolute Gasteiger partial charge is 0.227 e. The van der Waals surface area contributed by atoms with Crippen LogP contribution in [-0.4, -0.2) is 33.9 Å². The Kier molecular flexibility index (Phi) is 4.68. The van der Waals surface area contributed by atoms with Crippen molar-refractivity contribution in [3.05, 3.63) is 40.5 Å². The van der Waals surface area contributed by atoms with Crippen molar-refractivity contribution in [2.45, 2.75) is 25.7 Å². The fraction of sp³-hybridized carbons (Fsp3) is 0.438. The lowest BCUT2D eigenvalue weighted by atomic mass is 9.93. The van der Waals surface area contributed by atoms with Gasteiger partial charge in [0.15, 0.2) is 0 Å². The third-order valence-electron chi connectivity index (χ3n) is 4.10. The highest BCUT2D eigenvalue weighted by Gasteiger charge is 2.24. The van der Waals surface area contributed by atoms with Gasteiger partial charge in [0, 0.05) is 25.5 Å². The number of anilines is 1. The van der Waals surface area contributed by atoms with Gasteiger partial charge in [0.2, 0.25) is 5.91 Å². The number of nitrogen functional groups attached to an aromatic ring is 1. The van der Waals surface area contributed by atoms with Crippen LogP contribution in [0.1, 0.15) is 24.1 Å². The number of rotatable bonds is 4.